The van der Waals surface area contributed by atoms with Gasteiger partial charge in [0.15, 0.2) is 5.01 Å². The maximum atomic E-state index is 12.2. The molecule has 3 aromatic rings. The van der Waals surface area contributed by atoms with Crippen molar-refractivity contribution in [2.45, 2.75) is 6.54 Å². The van der Waals surface area contributed by atoms with E-state index in [4.69, 9.17) is 16.3 Å². The summed E-state index contributed by atoms with van der Waals surface area (Å²) in [7, 11) is 1.61. The van der Waals surface area contributed by atoms with E-state index in [9.17, 15) is 4.79 Å². The first kappa shape index (κ1) is 18.1. The molecule has 0 unspecified atom stereocenters. The topological polar surface area (TPSA) is 64.1 Å². The van der Waals surface area contributed by atoms with Crippen LogP contribution in [-0.4, -0.2) is 23.2 Å². The third-order valence-corrected chi connectivity index (χ3v) is 4.86. The molecule has 1 amide bonds. The lowest BCUT2D eigenvalue weighted by atomic mass is 10.2. The molecule has 7 heteroatoms. The van der Waals surface area contributed by atoms with Gasteiger partial charge in [0.25, 0.3) is 5.91 Å². The molecule has 3 rings (SSSR count). The van der Waals surface area contributed by atoms with Gasteiger partial charge in [-0.1, -0.05) is 65.4 Å². The number of methoxy groups -OCH3 is 1. The van der Waals surface area contributed by atoms with E-state index in [2.05, 4.69) is 15.5 Å². The second-order valence-corrected chi connectivity index (χ2v) is 6.73. The highest BCUT2D eigenvalue weighted by Crippen LogP contribution is 2.26. The van der Waals surface area contributed by atoms with Gasteiger partial charge in [-0.25, -0.2) is 0 Å². The zero-order valence-corrected chi connectivity index (χ0v) is 15.6. The Balaban J connectivity index is 1.68. The average molecular weight is 386 g/mol. The molecule has 132 valence electrons. The Labute approximate surface area is 160 Å². The van der Waals surface area contributed by atoms with Crippen LogP contribution in [0.2, 0.25) is 0 Å². The van der Waals surface area contributed by atoms with Crippen molar-refractivity contribution in [1.29, 1.82) is 0 Å². The van der Waals surface area contributed by atoms with Gasteiger partial charge < -0.3 is 10.1 Å². The molecule has 0 bridgehead atoms. The molecule has 26 heavy (non-hydrogen) atoms. The van der Waals surface area contributed by atoms with Gasteiger partial charge in [0.2, 0.25) is 5.01 Å². The highest BCUT2D eigenvalue weighted by atomic mass is 35.5. The molecule has 2 aromatic carbocycles. The summed E-state index contributed by atoms with van der Waals surface area (Å²) in [6.07, 6.45) is 1.76. The summed E-state index contributed by atoms with van der Waals surface area (Å²) in [5.41, 5.74) is 1.89. The van der Waals surface area contributed by atoms with Crippen LogP contribution in [-0.2, 0) is 6.54 Å². The Morgan fingerprint density at radius 3 is 2.69 bits per heavy atom. The monoisotopic (exact) mass is 385 g/mol. The Kier molecular flexibility index (Phi) is 5.99. The number of rotatable bonds is 6. The van der Waals surface area contributed by atoms with E-state index >= 15 is 0 Å². The van der Waals surface area contributed by atoms with Crippen molar-refractivity contribution < 1.29 is 9.53 Å². The van der Waals surface area contributed by atoms with Crippen LogP contribution in [0, 0.1) is 0 Å². The lowest BCUT2D eigenvalue weighted by Crippen LogP contribution is -2.22. The summed E-state index contributed by atoms with van der Waals surface area (Å²) in [5, 5.41) is 11.9. The van der Waals surface area contributed by atoms with Crippen LogP contribution in [0.1, 0.15) is 25.9 Å². The number of nitrogens with one attached hydrogen (secondary N) is 1. The number of hydrogen-bond acceptors (Lipinski definition) is 5. The molecule has 0 atom stereocenters. The van der Waals surface area contributed by atoms with E-state index in [1.165, 1.54) is 0 Å². The molecule has 0 aliphatic rings. The first-order valence-electron chi connectivity index (χ1n) is 7.83. The fourth-order valence-electron chi connectivity index (χ4n) is 2.20. The fourth-order valence-corrected chi connectivity index (χ4v) is 3.15. The van der Waals surface area contributed by atoms with Crippen LogP contribution in [0.5, 0.6) is 5.75 Å². The predicted molar refractivity (Wildman–Crippen MR) is 104 cm³/mol. The van der Waals surface area contributed by atoms with Crippen molar-refractivity contribution in [3.05, 3.63) is 75.7 Å². The van der Waals surface area contributed by atoms with Crippen LogP contribution in [0.4, 0.5) is 0 Å². The number of halogens is 1. The number of nitrogens with zero attached hydrogens (tertiary/aromatic N) is 2. The van der Waals surface area contributed by atoms with Crippen LogP contribution < -0.4 is 10.1 Å². The van der Waals surface area contributed by atoms with Crippen molar-refractivity contribution >= 4 is 40.0 Å². The number of ether oxygens (including phenoxy) is 1. The average Bonchev–Trinajstić information content (AvgIpc) is 3.17. The number of carbonyl (C=O) groups is 1. The van der Waals surface area contributed by atoms with Gasteiger partial charge in [-0.15, -0.1) is 10.2 Å². The third kappa shape index (κ3) is 4.68. The molecule has 0 saturated carbocycles. The minimum absolute atomic E-state index is 0.271. The summed E-state index contributed by atoms with van der Waals surface area (Å²) in [5.74, 6) is 0.463. The van der Waals surface area contributed by atoms with Gasteiger partial charge in [0.1, 0.15) is 5.75 Å². The normalized spacial score (nSPS) is 11.2. The zero-order chi connectivity index (χ0) is 18.4. The van der Waals surface area contributed by atoms with E-state index in [-0.39, 0.29) is 10.9 Å². The maximum Gasteiger partial charge on any atom is 0.282 e. The van der Waals surface area contributed by atoms with E-state index in [0.29, 0.717) is 16.6 Å². The van der Waals surface area contributed by atoms with Crippen molar-refractivity contribution in [3.63, 3.8) is 0 Å². The van der Waals surface area contributed by atoms with Crippen molar-refractivity contribution in [3.8, 4) is 5.75 Å². The lowest BCUT2D eigenvalue weighted by Gasteiger charge is -2.02. The van der Waals surface area contributed by atoms with Crippen molar-refractivity contribution in [2.24, 2.45) is 0 Å². The molecular formula is C19H16ClN3O2S. The first-order valence-corrected chi connectivity index (χ1v) is 9.02. The molecule has 1 aromatic heterocycles. The first-order chi connectivity index (χ1) is 12.7. The van der Waals surface area contributed by atoms with Gasteiger partial charge in [0.05, 0.1) is 12.1 Å². The number of benzene rings is 2. The van der Waals surface area contributed by atoms with E-state index in [1.807, 2.05) is 54.6 Å². The number of amides is 1. The van der Waals surface area contributed by atoms with Crippen molar-refractivity contribution in [2.75, 3.05) is 7.11 Å². The summed E-state index contributed by atoms with van der Waals surface area (Å²) in [6.45, 7) is 0.433. The summed E-state index contributed by atoms with van der Waals surface area (Å²) >= 11 is 7.47. The van der Waals surface area contributed by atoms with Crippen LogP contribution in [0.3, 0.4) is 0 Å². The third-order valence-electron chi connectivity index (χ3n) is 3.51. The van der Waals surface area contributed by atoms with Gasteiger partial charge >= 0.3 is 0 Å². The number of carbonyl (C=O) groups excluding carboxylic acids is 1. The maximum absolute atomic E-state index is 12.2. The summed E-state index contributed by atoms with van der Waals surface area (Å²) in [6, 6.07) is 17.2. The molecule has 1 heterocycles. The van der Waals surface area contributed by atoms with Gasteiger partial charge in [-0.3, -0.25) is 4.79 Å². The van der Waals surface area contributed by atoms with Crippen LogP contribution >= 0.6 is 22.9 Å². The Hall–Kier alpha value is -2.70. The van der Waals surface area contributed by atoms with Crippen LogP contribution in [0.15, 0.2) is 54.6 Å². The van der Waals surface area contributed by atoms with Gasteiger partial charge in [-0.05, 0) is 29.3 Å². The lowest BCUT2D eigenvalue weighted by molar-refractivity contribution is 0.0950. The van der Waals surface area contributed by atoms with E-state index in [0.717, 1.165) is 28.2 Å². The summed E-state index contributed by atoms with van der Waals surface area (Å²) in [4.78, 5) is 12.2. The molecule has 0 saturated heterocycles. The zero-order valence-electron chi connectivity index (χ0n) is 14.0. The molecule has 0 fully saturated rings. The highest BCUT2D eigenvalue weighted by molar-refractivity contribution is 7.15. The van der Waals surface area contributed by atoms with E-state index < -0.39 is 0 Å². The highest BCUT2D eigenvalue weighted by Gasteiger charge is 2.14. The van der Waals surface area contributed by atoms with Gasteiger partial charge in [-0.2, -0.15) is 0 Å². The Morgan fingerprint density at radius 2 is 1.92 bits per heavy atom. The molecule has 5 nitrogen and oxygen atoms in total. The second kappa shape index (κ2) is 8.60. The fraction of sp³-hybridized carbons (Fsp3) is 0.105. The Bertz CT molecular complexity index is 925. The standard InChI is InChI=1S/C19H16ClN3O2S/c1-25-15-9-5-8-14(10-15)11-16(20)18-22-23-19(26-18)17(24)21-12-13-6-3-2-4-7-13/h2-11H,12H2,1H3,(H,21,24)/b16-11-. The number of aromatic nitrogens is 2. The largest absolute Gasteiger partial charge is 0.497 e. The van der Waals surface area contributed by atoms with E-state index in [1.54, 1.807) is 13.2 Å². The van der Waals surface area contributed by atoms with Gasteiger partial charge in [0, 0.05) is 6.54 Å². The Morgan fingerprint density at radius 1 is 1.15 bits per heavy atom. The minimum Gasteiger partial charge on any atom is -0.497 e. The molecule has 1 N–H and O–H groups in total. The quantitative estimate of drug-likeness (QED) is 0.690. The van der Waals surface area contributed by atoms with Crippen LogP contribution in [0.25, 0.3) is 11.1 Å². The molecular weight excluding hydrogens is 370 g/mol. The molecule has 0 aliphatic heterocycles. The molecule has 0 radical (unpaired) electrons. The van der Waals surface area contributed by atoms with Crippen molar-refractivity contribution in [1.82, 2.24) is 15.5 Å². The number of hydrogen-bond donors (Lipinski definition) is 1. The second-order valence-electron chi connectivity index (χ2n) is 5.35. The molecule has 0 aliphatic carbocycles. The summed E-state index contributed by atoms with van der Waals surface area (Å²) < 4.78 is 5.19. The smallest absolute Gasteiger partial charge is 0.282 e. The SMILES string of the molecule is COc1cccc(/C=C(\Cl)c2nnc(C(=O)NCc3ccccc3)s2)c1. The predicted octanol–water partition coefficient (Wildman–Crippen LogP) is 4.21. The molecule has 0 spiro atoms. The minimum atomic E-state index is -0.275.